The van der Waals surface area contributed by atoms with Gasteiger partial charge in [-0.3, -0.25) is 4.79 Å². The summed E-state index contributed by atoms with van der Waals surface area (Å²) in [5.41, 5.74) is 2.50. The van der Waals surface area contributed by atoms with Crippen molar-refractivity contribution < 1.29 is 9.32 Å². The van der Waals surface area contributed by atoms with Crippen molar-refractivity contribution >= 4 is 11.6 Å². The molecule has 170 valence electrons. The number of nitrogens with zero attached hydrogens (tertiary/aromatic N) is 6. The molecular formula is C24H26N6O3. The Kier molecular flexibility index (Phi) is 5.32. The van der Waals surface area contributed by atoms with E-state index in [0.29, 0.717) is 42.0 Å². The predicted octanol–water partition coefficient (Wildman–Crippen LogP) is 3.03. The first kappa shape index (κ1) is 21.1. The summed E-state index contributed by atoms with van der Waals surface area (Å²) >= 11 is 0. The van der Waals surface area contributed by atoms with Crippen LogP contribution in [0.15, 0.2) is 51.9 Å². The third-order valence-corrected chi connectivity index (χ3v) is 6.08. The highest BCUT2D eigenvalue weighted by molar-refractivity contribution is 5.76. The van der Waals surface area contributed by atoms with Crippen LogP contribution in [0.1, 0.15) is 25.8 Å². The Labute approximate surface area is 190 Å². The van der Waals surface area contributed by atoms with Crippen LogP contribution in [-0.2, 0) is 11.3 Å². The van der Waals surface area contributed by atoms with E-state index in [4.69, 9.17) is 4.52 Å². The van der Waals surface area contributed by atoms with Gasteiger partial charge in [-0.05, 0) is 37.3 Å². The lowest BCUT2D eigenvalue weighted by atomic mass is 9.92. The molecule has 33 heavy (non-hydrogen) atoms. The average Bonchev–Trinajstić information content (AvgIpc) is 3.39. The second-order valence-electron chi connectivity index (χ2n) is 9.09. The van der Waals surface area contributed by atoms with E-state index in [0.717, 1.165) is 17.5 Å². The molecule has 0 saturated carbocycles. The van der Waals surface area contributed by atoms with Gasteiger partial charge >= 0.3 is 5.69 Å². The van der Waals surface area contributed by atoms with Crippen molar-refractivity contribution in [3.63, 3.8) is 0 Å². The molecule has 1 aliphatic rings. The Morgan fingerprint density at radius 2 is 1.85 bits per heavy atom. The van der Waals surface area contributed by atoms with E-state index < -0.39 is 0 Å². The van der Waals surface area contributed by atoms with Crippen molar-refractivity contribution in [3.8, 4) is 22.8 Å². The summed E-state index contributed by atoms with van der Waals surface area (Å²) in [4.78, 5) is 32.2. The highest BCUT2D eigenvalue weighted by atomic mass is 16.5. The van der Waals surface area contributed by atoms with Crippen molar-refractivity contribution in [2.75, 3.05) is 13.1 Å². The third-order valence-electron chi connectivity index (χ3n) is 6.08. The smallest absolute Gasteiger partial charge is 0.341 e. The number of carbonyl (C=O) groups is 1. The fourth-order valence-corrected chi connectivity index (χ4v) is 4.56. The molecule has 4 aromatic rings. The lowest BCUT2D eigenvalue weighted by Gasteiger charge is -2.34. The number of hydrogen-bond donors (Lipinski definition) is 0. The van der Waals surface area contributed by atoms with Gasteiger partial charge in [0.1, 0.15) is 6.54 Å². The molecule has 9 nitrogen and oxygen atoms in total. The van der Waals surface area contributed by atoms with Gasteiger partial charge in [-0.1, -0.05) is 48.8 Å². The number of fused-ring (bicyclic) bond motifs is 1. The standard InChI is InChI=1S/C24H26N6O3/c1-15-6-8-18(9-7-15)21-25-23(33-27-21)19-5-4-10-29-22(19)26-30(24(29)32)14-20(31)28-12-16(2)11-17(3)13-28/h4-10,16-17H,11-14H2,1-3H3/t16-,17-/m0/s1. The van der Waals surface area contributed by atoms with Crippen LogP contribution in [0.4, 0.5) is 0 Å². The van der Waals surface area contributed by atoms with Crippen molar-refractivity contribution in [3.05, 3.63) is 58.6 Å². The average molecular weight is 447 g/mol. The van der Waals surface area contributed by atoms with Gasteiger partial charge in [-0.2, -0.15) is 4.98 Å². The van der Waals surface area contributed by atoms with E-state index in [1.165, 1.54) is 9.08 Å². The molecule has 2 atom stereocenters. The molecular weight excluding hydrogens is 420 g/mol. The van der Waals surface area contributed by atoms with Gasteiger partial charge in [0.05, 0.1) is 5.56 Å². The molecule has 1 aliphatic heterocycles. The molecule has 4 heterocycles. The van der Waals surface area contributed by atoms with E-state index in [2.05, 4.69) is 29.1 Å². The van der Waals surface area contributed by atoms with Gasteiger partial charge in [0.25, 0.3) is 5.89 Å². The Bertz CT molecular complexity index is 1360. The highest BCUT2D eigenvalue weighted by Crippen LogP contribution is 2.25. The van der Waals surface area contributed by atoms with Gasteiger partial charge < -0.3 is 9.42 Å². The van der Waals surface area contributed by atoms with E-state index in [9.17, 15) is 9.59 Å². The molecule has 3 aromatic heterocycles. The Balaban J connectivity index is 1.45. The first-order chi connectivity index (χ1) is 15.9. The van der Waals surface area contributed by atoms with E-state index in [-0.39, 0.29) is 24.0 Å². The lowest BCUT2D eigenvalue weighted by molar-refractivity contribution is -0.134. The number of likely N-dealkylation sites (tertiary alicyclic amines) is 1. The number of amides is 1. The van der Waals surface area contributed by atoms with Gasteiger partial charge in [-0.25, -0.2) is 13.9 Å². The first-order valence-electron chi connectivity index (χ1n) is 11.2. The second-order valence-corrected chi connectivity index (χ2v) is 9.09. The number of hydrogen-bond acceptors (Lipinski definition) is 6. The topological polar surface area (TPSA) is 98.5 Å². The highest BCUT2D eigenvalue weighted by Gasteiger charge is 2.26. The fourth-order valence-electron chi connectivity index (χ4n) is 4.56. The van der Waals surface area contributed by atoms with E-state index in [1.807, 2.05) is 36.1 Å². The molecule has 0 spiro atoms. The number of rotatable bonds is 4. The molecule has 1 fully saturated rings. The maximum absolute atomic E-state index is 12.9. The molecule has 5 rings (SSSR count). The SMILES string of the molecule is Cc1ccc(-c2noc(-c3cccn4c(=O)n(CC(=O)N5C[C@@H](C)C[C@H](C)C5)nc34)n2)cc1. The zero-order valence-corrected chi connectivity index (χ0v) is 18.9. The minimum atomic E-state index is -0.378. The van der Waals surface area contributed by atoms with Crippen LogP contribution in [-0.4, -0.2) is 48.2 Å². The molecule has 9 heteroatoms. The third kappa shape index (κ3) is 4.06. The summed E-state index contributed by atoms with van der Waals surface area (Å²) in [6.45, 7) is 7.62. The summed E-state index contributed by atoms with van der Waals surface area (Å²) in [7, 11) is 0. The minimum absolute atomic E-state index is 0.0973. The van der Waals surface area contributed by atoms with Gasteiger partial charge in [0, 0.05) is 24.8 Å². The van der Waals surface area contributed by atoms with Crippen LogP contribution >= 0.6 is 0 Å². The predicted molar refractivity (Wildman–Crippen MR) is 122 cm³/mol. The number of benzene rings is 1. The molecule has 0 radical (unpaired) electrons. The van der Waals surface area contributed by atoms with Crippen LogP contribution in [0, 0.1) is 18.8 Å². The van der Waals surface area contributed by atoms with Crippen molar-refractivity contribution in [1.29, 1.82) is 0 Å². The maximum atomic E-state index is 12.9. The van der Waals surface area contributed by atoms with Crippen molar-refractivity contribution in [1.82, 2.24) is 29.2 Å². The fraction of sp³-hybridized carbons (Fsp3) is 0.375. The summed E-state index contributed by atoms with van der Waals surface area (Å²) < 4.78 is 8.10. The summed E-state index contributed by atoms with van der Waals surface area (Å²) in [5.74, 6) is 1.51. The van der Waals surface area contributed by atoms with Gasteiger partial charge in [0.15, 0.2) is 5.65 Å². The molecule has 0 N–H and O–H groups in total. The number of pyridine rings is 1. The summed E-state index contributed by atoms with van der Waals surface area (Å²) in [6, 6.07) is 11.3. The number of aromatic nitrogens is 5. The monoisotopic (exact) mass is 446 g/mol. The normalized spacial score (nSPS) is 18.7. The lowest BCUT2D eigenvalue weighted by Crippen LogP contribution is -2.45. The van der Waals surface area contributed by atoms with Gasteiger partial charge in [0.2, 0.25) is 11.7 Å². The molecule has 0 unspecified atom stereocenters. The molecule has 0 aliphatic carbocycles. The molecule has 0 bridgehead atoms. The molecule has 1 aromatic carbocycles. The Hall–Kier alpha value is -3.75. The maximum Gasteiger partial charge on any atom is 0.350 e. The Morgan fingerprint density at radius 1 is 1.12 bits per heavy atom. The molecule has 1 saturated heterocycles. The van der Waals surface area contributed by atoms with Crippen LogP contribution in [0.2, 0.25) is 0 Å². The Morgan fingerprint density at radius 3 is 2.58 bits per heavy atom. The number of carbonyl (C=O) groups excluding carboxylic acids is 1. The van der Waals surface area contributed by atoms with Gasteiger partial charge in [-0.15, -0.1) is 5.10 Å². The van der Waals surface area contributed by atoms with Crippen LogP contribution in [0.5, 0.6) is 0 Å². The van der Waals surface area contributed by atoms with Crippen molar-refractivity contribution in [2.24, 2.45) is 11.8 Å². The summed E-state index contributed by atoms with van der Waals surface area (Å²) in [5, 5.41) is 8.53. The van der Waals surface area contributed by atoms with Crippen LogP contribution in [0.25, 0.3) is 28.5 Å². The van der Waals surface area contributed by atoms with Crippen molar-refractivity contribution in [2.45, 2.75) is 33.7 Å². The van der Waals surface area contributed by atoms with Crippen LogP contribution < -0.4 is 5.69 Å². The van der Waals surface area contributed by atoms with E-state index >= 15 is 0 Å². The first-order valence-corrected chi connectivity index (χ1v) is 11.2. The van der Waals surface area contributed by atoms with E-state index in [1.54, 1.807) is 18.3 Å². The summed E-state index contributed by atoms with van der Waals surface area (Å²) in [6.07, 6.45) is 2.73. The molecule has 1 amide bonds. The zero-order valence-electron chi connectivity index (χ0n) is 18.9. The largest absolute Gasteiger partial charge is 0.350 e. The number of aryl methyl sites for hydroxylation is 1. The zero-order chi connectivity index (χ0) is 23.1. The van der Waals surface area contributed by atoms with Crippen LogP contribution in [0.3, 0.4) is 0 Å². The number of piperidine rings is 1. The second kappa shape index (κ2) is 8.31. The quantitative estimate of drug-likeness (QED) is 0.478. The minimum Gasteiger partial charge on any atom is -0.341 e.